The van der Waals surface area contributed by atoms with Crippen molar-refractivity contribution in [3.8, 4) is 0 Å². The lowest BCUT2D eigenvalue weighted by Crippen LogP contribution is -2.37. The summed E-state index contributed by atoms with van der Waals surface area (Å²) in [5.41, 5.74) is -1.24. The summed E-state index contributed by atoms with van der Waals surface area (Å²) >= 11 is 0. The Kier molecular flexibility index (Phi) is 4.45. The highest BCUT2D eigenvalue weighted by molar-refractivity contribution is 5.79. The van der Waals surface area contributed by atoms with E-state index in [1.807, 2.05) is 13.8 Å². The van der Waals surface area contributed by atoms with E-state index in [1.165, 1.54) is 20.3 Å². The number of rotatable bonds is 5. The van der Waals surface area contributed by atoms with Crippen LogP contribution in [0.25, 0.3) is 0 Å². The van der Waals surface area contributed by atoms with E-state index in [-0.39, 0.29) is 5.92 Å². The zero-order valence-electron chi connectivity index (χ0n) is 8.42. The second-order valence-corrected chi connectivity index (χ2v) is 3.69. The summed E-state index contributed by atoms with van der Waals surface area (Å²) in [6.45, 7) is 8.31. The van der Waals surface area contributed by atoms with Gasteiger partial charge in [-0.25, -0.2) is 9.59 Å². The van der Waals surface area contributed by atoms with Crippen LogP contribution in [0.5, 0.6) is 0 Å². The molecule has 4 nitrogen and oxygen atoms in total. The fourth-order valence-corrected chi connectivity index (χ4v) is 0.562. The standard InChI is InChI=1S/C9H15O4/c1-7(2)5-12-8(11)9(3,4)13-6-10/h7H,5H2,1-4H3. The van der Waals surface area contributed by atoms with Crippen LogP contribution < -0.4 is 0 Å². The van der Waals surface area contributed by atoms with Crippen LogP contribution >= 0.6 is 0 Å². The average Bonchev–Trinajstić information content (AvgIpc) is 1.99. The van der Waals surface area contributed by atoms with E-state index in [0.29, 0.717) is 6.61 Å². The van der Waals surface area contributed by atoms with Crippen molar-refractivity contribution in [2.75, 3.05) is 6.61 Å². The van der Waals surface area contributed by atoms with Crippen LogP contribution in [0.4, 0.5) is 0 Å². The molecule has 1 radical (unpaired) electrons. The van der Waals surface area contributed by atoms with Gasteiger partial charge in [-0.15, -0.1) is 0 Å². The van der Waals surface area contributed by atoms with Gasteiger partial charge >= 0.3 is 12.4 Å². The first kappa shape index (κ1) is 11.9. The summed E-state index contributed by atoms with van der Waals surface area (Å²) < 4.78 is 9.32. The largest absolute Gasteiger partial charge is 0.462 e. The van der Waals surface area contributed by atoms with Crippen molar-refractivity contribution < 1.29 is 19.1 Å². The van der Waals surface area contributed by atoms with E-state index in [0.717, 1.165) is 0 Å². The quantitative estimate of drug-likeness (QED) is 0.603. The third-order valence-corrected chi connectivity index (χ3v) is 1.34. The summed E-state index contributed by atoms with van der Waals surface area (Å²) in [7, 11) is 0. The Labute approximate surface area is 78.2 Å². The van der Waals surface area contributed by atoms with E-state index >= 15 is 0 Å². The molecular weight excluding hydrogens is 172 g/mol. The molecule has 0 bridgehead atoms. The van der Waals surface area contributed by atoms with Crippen molar-refractivity contribution in [1.29, 1.82) is 0 Å². The van der Waals surface area contributed by atoms with Gasteiger partial charge in [0, 0.05) is 0 Å². The molecule has 0 aromatic carbocycles. The monoisotopic (exact) mass is 187 g/mol. The maximum atomic E-state index is 11.2. The Balaban J connectivity index is 4.01. The Morgan fingerprint density at radius 2 is 2.00 bits per heavy atom. The van der Waals surface area contributed by atoms with Crippen LogP contribution in [0.2, 0.25) is 0 Å². The molecule has 75 valence electrons. The zero-order valence-corrected chi connectivity index (χ0v) is 8.42. The van der Waals surface area contributed by atoms with Crippen LogP contribution in [-0.4, -0.2) is 24.6 Å². The first-order valence-corrected chi connectivity index (χ1v) is 4.12. The van der Waals surface area contributed by atoms with Crippen molar-refractivity contribution >= 4 is 12.4 Å². The average molecular weight is 187 g/mol. The van der Waals surface area contributed by atoms with Gasteiger partial charge in [0.05, 0.1) is 6.61 Å². The molecule has 0 aliphatic carbocycles. The summed E-state index contributed by atoms with van der Waals surface area (Å²) in [6.07, 6.45) is 0. The molecule has 0 aliphatic heterocycles. The minimum absolute atomic E-state index is 0.264. The summed E-state index contributed by atoms with van der Waals surface area (Å²) in [5, 5.41) is 0. The third kappa shape index (κ3) is 4.50. The summed E-state index contributed by atoms with van der Waals surface area (Å²) in [4.78, 5) is 21.1. The number of ether oxygens (including phenoxy) is 2. The molecule has 0 aromatic rings. The molecule has 0 saturated heterocycles. The molecule has 0 N–H and O–H groups in total. The van der Waals surface area contributed by atoms with Crippen molar-refractivity contribution in [2.45, 2.75) is 33.3 Å². The Hall–Kier alpha value is -1.06. The van der Waals surface area contributed by atoms with Crippen LogP contribution in [-0.2, 0) is 19.1 Å². The zero-order chi connectivity index (χ0) is 10.5. The lowest BCUT2D eigenvalue weighted by molar-refractivity contribution is -0.161. The van der Waals surface area contributed by atoms with Gasteiger partial charge in [0.1, 0.15) is 0 Å². The Morgan fingerprint density at radius 3 is 2.38 bits per heavy atom. The molecule has 0 heterocycles. The maximum Gasteiger partial charge on any atom is 0.418 e. The highest BCUT2D eigenvalue weighted by atomic mass is 16.6. The Bertz CT molecular complexity index is 184. The molecule has 13 heavy (non-hydrogen) atoms. The van der Waals surface area contributed by atoms with Gasteiger partial charge in [-0.2, -0.15) is 0 Å². The second kappa shape index (κ2) is 4.84. The first-order valence-electron chi connectivity index (χ1n) is 4.12. The van der Waals surface area contributed by atoms with E-state index in [4.69, 9.17) is 4.74 Å². The first-order chi connectivity index (χ1) is 5.90. The lowest BCUT2D eigenvalue weighted by atomic mass is 10.1. The normalized spacial score (nSPS) is 11.2. The SMILES string of the molecule is CC(C)COC(=O)C(C)(C)O[C]=O. The summed E-state index contributed by atoms with van der Waals surface area (Å²) in [5.74, 6) is -0.287. The molecule has 0 fully saturated rings. The number of carbonyl (C=O) groups is 1. The number of esters is 1. The lowest BCUT2D eigenvalue weighted by Gasteiger charge is -2.20. The fourth-order valence-electron chi connectivity index (χ4n) is 0.562. The van der Waals surface area contributed by atoms with Gasteiger partial charge in [-0.1, -0.05) is 13.8 Å². The summed E-state index contributed by atoms with van der Waals surface area (Å²) in [6, 6.07) is 0. The number of carbonyl (C=O) groups excluding carboxylic acids is 2. The van der Waals surface area contributed by atoms with Gasteiger partial charge < -0.3 is 9.47 Å². The number of hydrogen-bond donors (Lipinski definition) is 0. The van der Waals surface area contributed by atoms with Crippen LogP contribution in [0.1, 0.15) is 27.7 Å². The highest BCUT2D eigenvalue weighted by Gasteiger charge is 2.31. The van der Waals surface area contributed by atoms with Crippen molar-refractivity contribution in [1.82, 2.24) is 0 Å². The molecule has 0 rings (SSSR count). The smallest absolute Gasteiger partial charge is 0.418 e. The van der Waals surface area contributed by atoms with Gasteiger partial charge in [0.25, 0.3) is 0 Å². The second-order valence-electron chi connectivity index (χ2n) is 3.69. The van der Waals surface area contributed by atoms with E-state index in [2.05, 4.69) is 4.74 Å². The van der Waals surface area contributed by atoms with Crippen LogP contribution in [0.3, 0.4) is 0 Å². The molecular formula is C9H15O4. The Morgan fingerprint density at radius 1 is 1.46 bits per heavy atom. The molecule has 0 atom stereocenters. The van der Waals surface area contributed by atoms with Gasteiger partial charge in [-0.3, -0.25) is 0 Å². The van der Waals surface area contributed by atoms with E-state index in [9.17, 15) is 9.59 Å². The van der Waals surface area contributed by atoms with Crippen molar-refractivity contribution in [3.63, 3.8) is 0 Å². The minimum atomic E-state index is -1.24. The van der Waals surface area contributed by atoms with Crippen LogP contribution in [0, 0.1) is 5.92 Å². The van der Waals surface area contributed by atoms with E-state index < -0.39 is 11.6 Å². The molecule has 0 amide bonds. The molecule has 4 heteroatoms. The van der Waals surface area contributed by atoms with E-state index in [1.54, 1.807) is 0 Å². The minimum Gasteiger partial charge on any atom is -0.462 e. The molecule has 0 aromatic heterocycles. The van der Waals surface area contributed by atoms with Gasteiger partial charge in [-0.05, 0) is 19.8 Å². The predicted molar refractivity (Wildman–Crippen MR) is 46.7 cm³/mol. The predicted octanol–water partition coefficient (Wildman–Crippen LogP) is 1.05. The van der Waals surface area contributed by atoms with Gasteiger partial charge in [0.15, 0.2) is 0 Å². The maximum absolute atomic E-state index is 11.2. The van der Waals surface area contributed by atoms with Crippen molar-refractivity contribution in [3.05, 3.63) is 0 Å². The molecule has 0 unspecified atom stereocenters. The van der Waals surface area contributed by atoms with Gasteiger partial charge in [0.2, 0.25) is 5.60 Å². The fraction of sp³-hybridized carbons (Fsp3) is 0.778. The molecule has 0 spiro atoms. The molecule has 0 saturated carbocycles. The van der Waals surface area contributed by atoms with Crippen LogP contribution in [0.15, 0.2) is 0 Å². The number of hydrogen-bond acceptors (Lipinski definition) is 4. The van der Waals surface area contributed by atoms with Crippen molar-refractivity contribution in [2.24, 2.45) is 5.92 Å². The topological polar surface area (TPSA) is 52.6 Å². The molecule has 0 aliphatic rings. The highest BCUT2D eigenvalue weighted by Crippen LogP contribution is 2.10. The third-order valence-electron chi connectivity index (χ3n) is 1.34.